The van der Waals surface area contributed by atoms with E-state index in [0.29, 0.717) is 24.0 Å². The summed E-state index contributed by atoms with van der Waals surface area (Å²) in [5.41, 5.74) is 19.3. The number of H-pyrrole nitrogens is 1. The summed E-state index contributed by atoms with van der Waals surface area (Å²) in [6, 6.07) is 40.9. The Morgan fingerprint density at radius 1 is 0.760 bits per heavy atom. The fraction of sp³-hybridized carbons (Fsp3) is 0.171. The molecule has 0 aliphatic rings. The fourth-order valence-electron chi connectivity index (χ4n) is 6.97. The predicted octanol–water partition coefficient (Wildman–Crippen LogP) is 7.74. The Kier molecular flexibility index (Phi) is 10.0. The molecule has 2 unspecified atom stereocenters. The Bertz CT molecular complexity index is 2050. The summed E-state index contributed by atoms with van der Waals surface area (Å²) in [4.78, 5) is 23.1. The van der Waals surface area contributed by atoms with E-state index in [-0.39, 0.29) is 30.1 Å². The summed E-state index contributed by atoms with van der Waals surface area (Å²) >= 11 is 0. The van der Waals surface area contributed by atoms with E-state index in [1.54, 1.807) is 17.0 Å². The molecule has 0 aliphatic carbocycles. The lowest BCUT2D eigenvalue weighted by molar-refractivity contribution is 0.0921. The van der Waals surface area contributed by atoms with Crippen molar-refractivity contribution in [2.45, 2.75) is 38.3 Å². The zero-order valence-electron chi connectivity index (χ0n) is 27.9. The number of fused-ring (bicyclic) bond motifs is 1. The third-order valence-electron chi connectivity index (χ3n) is 9.35. The summed E-state index contributed by atoms with van der Waals surface area (Å²) in [5, 5.41) is 26.8. The Morgan fingerprint density at radius 2 is 1.30 bits per heavy atom. The molecule has 9 nitrogen and oxygen atoms in total. The predicted molar refractivity (Wildman–Crippen MR) is 199 cm³/mol. The topological polar surface area (TPSA) is 169 Å². The Hall–Kier alpha value is -6.22. The first-order chi connectivity index (χ1) is 24.2. The minimum Gasteiger partial charge on any atom is -0.465 e. The second-order valence-corrected chi connectivity index (χ2v) is 12.7. The van der Waals surface area contributed by atoms with E-state index in [4.69, 9.17) is 22.3 Å². The number of aryl methyl sites for hydroxylation is 2. The standard InChI is InChI=1S/C41H41N7O2/c1-26-46-35-23-21-33(24-36(35)47-26)38(48(41(49)50)25-28-14-19-32(20-15-28)40(44)45)34(22-16-27-12-17-31(18-13-27)39(42)43)37(29-8-4-2-5-9-29)30-10-6-3-7-11-30/h2-15,17-21,23-24,34,37-38H,16,22,25H2,1H3,(H3,42,43)(H3,44,45)(H,46,47)(H,49,50). The number of nitrogens with two attached hydrogens (primary N) is 2. The van der Waals surface area contributed by atoms with E-state index in [2.05, 4.69) is 34.2 Å². The van der Waals surface area contributed by atoms with Crippen molar-refractivity contribution in [3.8, 4) is 0 Å². The zero-order valence-corrected chi connectivity index (χ0v) is 27.9. The van der Waals surface area contributed by atoms with E-state index in [0.717, 1.165) is 44.7 Å². The third-order valence-corrected chi connectivity index (χ3v) is 9.35. The van der Waals surface area contributed by atoms with Crippen molar-refractivity contribution in [2.24, 2.45) is 17.4 Å². The second-order valence-electron chi connectivity index (χ2n) is 12.7. The monoisotopic (exact) mass is 663 g/mol. The lowest BCUT2D eigenvalue weighted by Crippen LogP contribution is -2.40. The number of nitrogen functional groups attached to an aromatic ring is 2. The van der Waals surface area contributed by atoms with Gasteiger partial charge in [-0.2, -0.15) is 0 Å². The minimum atomic E-state index is -1.04. The van der Waals surface area contributed by atoms with Crippen molar-refractivity contribution in [3.63, 3.8) is 0 Å². The van der Waals surface area contributed by atoms with Gasteiger partial charge >= 0.3 is 6.09 Å². The van der Waals surface area contributed by atoms with Crippen molar-refractivity contribution in [1.82, 2.24) is 14.9 Å². The molecule has 1 aromatic heterocycles. The number of amides is 1. The van der Waals surface area contributed by atoms with Crippen LogP contribution in [0.5, 0.6) is 0 Å². The van der Waals surface area contributed by atoms with Crippen LogP contribution in [0.15, 0.2) is 127 Å². The SMILES string of the molecule is Cc1nc2ccc(C(C(CCc3ccc(C(=N)N)cc3)C(c3ccccc3)c3ccccc3)N(Cc3ccc(C(=N)N)cc3)C(=O)O)cc2[nH]1. The van der Waals surface area contributed by atoms with Gasteiger partial charge in [-0.3, -0.25) is 15.7 Å². The molecular weight excluding hydrogens is 622 g/mol. The Morgan fingerprint density at radius 3 is 1.82 bits per heavy atom. The van der Waals surface area contributed by atoms with Gasteiger partial charge in [-0.25, -0.2) is 9.78 Å². The molecule has 50 heavy (non-hydrogen) atoms. The van der Waals surface area contributed by atoms with Crippen molar-refractivity contribution >= 4 is 28.8 Å². The number of hydrogen-bond acceptors (Lipinski definition) is 4. The van der Waals surface area contributed by atoms with E-state index in [1.807, 2.05) is 97.9 Å². The van der Waals surface area contributed by atoms with E-state index in [9.17, 15) is 9.90 Å². The zero-order chi connectivity index (χ0) is 35.2. The average molecular weight is 664 g/mol. The number of amidine groups is 2. The van der Waals surface area contributed by atoms with Crippen LogP contribution in [-0.2, 0) is 13.0 Å². The number of benzene rings is 5. The molecule has 0 saturated heterocycles. The van der Waals surface area contributed by atoms with Crippen molar-refractivity contribution in [1.29, 1.82) is 10.8 Å². The van der Waals surface area contributed by atoms with Crippen LogP contribution in [0.1, 0.15) is 63.1 Å². The van der Waals surface area contributed by atoms with Crippen LogP contribution in [0.25, 0.3) is 11.0 Å². The van der Waals surface area contributed by atoms with Gasteiger partial charge in [0.05, 0.1) is 17.1 Å². The molecule has 0 fully saturated rings. The highest BCUT2D eigenvalue weighted by Gasteiger charge is 2.38. The van der Waals surface area contributed by atoms with Crippen molar-refractivity contribution in [2.75, 3.05) is 0 Å². The van der Waals surface area contributed by atoms with Gasteiger partial charge in [-0.05, 0) is 65.6 Å². The van der Waals surface area contributed by atoms with Crippen LogP contribution >= 0.6 is 0 Å². The molecule has 0 saturated carbocycles. The smallest absolute Gasteiger partial charge is 0.408 e. The molecule has 252 valence electrons. The first-order valence-electron chi connectivity index (χ1n) is 16.6. The summed E-state index contributed by atoms with van der Waals surface area (Å²) in [7, 11) is 0. The van der Waals surface area contributed by atoms with Gasteiger partial charge in [-0.15, -0.1) is 0 Å². The van der Waals surface area contributed by atoms with Gasteiger partial charge in [0.15, 0.2) is 0 Å². The van der Waals surface area contributed by atoms with Gasteiger partial charge < -0.3 is 21.6 Å². The number of carboxylic acid groups (broad SMARTS) is 1. The molecule has 6 aromatic rings. The Labute approximate surface area is 291 Å². The normalized spacial score (nSPS) is 12.4. The largest absolute Gasteiger partial charge is 0.465 e. The van der Waals surface area contributed by atoms with Gasteiger partial charge in [0.2, 0.25) is 0 Å². The van der Waals surface area contributed by atoms with Gasteiger partial charge in [0.1, 0.15) is 17.5 Å². The maximum Gasteiger partial charge on any atom is 0.408 e. The molecule has 0 spiro atoms. The number of nitrogens with zero attached hydrogens (tertiary/aromatic N) is 2. The molecule has 2 atom stereocenters. The molecule has 0 aliphatic heterocycles. The molecule has 0 bridgehead atoms. The lowest BCUT2D eigenvalue weighted by atomic mass is 9.72. The highest BCUT2D eigenvalue weighted by atomic mass is 16.4. The number of nitrogens with one attached hydrogen (secondary N) is 3. The first-order valence-corrected chi connectivity index (χ1v) is 16.6. The first kappa shape index (κ1) is 33.7. The summed E-state index contributed by atoms with van der Waals surface area (Å²) in [6.07, 6.45) is 0.273. The number of aromatic nitrogens is 2. The quantitative estimate of drug-likeness (QED) is 0.0548. The van der Waals surface area contributed by atoms with Crippen LogP contribution < -0.4 is 11.5 Å². The third kappa shape index (κ3) is 7.57. The number of hydrogen-bond donors (Lipinski definition) is 6. The fourth-order valence-corrected chi connectivity index (χ4v) is 6.97. The van der Waals surface area contributed by atoms with E-state index < -0.39 is 12.1 Å². The molecule has 5 aromatic carbocycles. The van der Waals surface area contributed by atoms with Gasteiger partial charge in [0.25, 0.3) is 0 Å². The molecule has 0 radical (unpaired) electrons. The van der Waals surface area contributed by atoms with Gasteiger partial charge in [0, 0.05) is 23.6 Å². The highest BCUT2D eigenvalue weighted by Crippen LogP contribution is 2.45. The molecule has 1 amide bonds. The second kappa shape index (κ2) is 14.9. The molecule has 1 heterocycles. The molecular formula is C41H41N7O2. The van der Waals surface area contributed by atoms with Crippen LogP contribution in [0.4, 0.5) is 4.79 Å². The van der Waals surface area contributed by atoms with E-state index >= 15 is 0 Å². The summed E-state index contributed by atoms with van der Waals surface area (Å²) < 4.78 is 0. The van der Waals surface area contributed by atoms with Crippen LogP contribution in [-0.4, -0.2) is 37.7 Å². The summed E-state index contributed by atoms with van der Waals surface area (Å²) in [5.74, 6) is 0.353. The number of imidazole rings is 1. The molecule has 6 rings (SSSR count). The summed E-state index contributed by atoms with van der Waals surface area (Å²) in [6.45, 7) is 2.03. The highest BCUT2D eigenvalue weighted by molar-refractivity contribution is 5.95. The molecule has 9 heteroatoms. The van der Waals surface area contributed by atoms with Crippen molar-refractivity contribution in [3.05, 3.63) is 172 Å². The van der Waals surface area contributed by atoms with Crippen LogP contribution in [0.3, 0.4) is 0 Å². The number of carbonyl (C=O) groups is 1. The van der Waals surface area contributed by atoms with E-state index in [1.165, 1.54) is 0 Å². The van der Waals surface area contributed by atoms with Crippen molar-refractivity contribution < 1.29 is 9.90 Å². The van der Waals surface area contributed by atoms with Crippen LogP contribution in [0, 0.1) is 23.7 Å². The maximum atomic E-state index is 13.6. The Balaban J connectivity index is 1.54. The lowest BCUT2D eigenvalue weighted by Gasteiger charge is -2.40. The molecule has 8 N–H and O–H groups in total. The van der Waals surface area contributed by atoms with Gasteiger partial charge in [-0.1, -0.05) is 115 Å². The minimum absolute atomic E-state index is 0.0144. The number of aromatic amines is 1. The number of rotatable bonds is 13. The maximum absolute atomic E-state index is 13.6. The average Bonchev–Trinajstić information content (AvgIpc) is 3.50. The van der Waals surface area contributed by atoms with Crippen LogP contribution in [0.2, 0.25) is 0 Å².